The summed E-state index contributed by atoms with van der Waals surface area (Å²) in [7, 11) is 0. The largest absolute Gasteiger partial charge is 0.385 e. The monoisotopic (exact) mass is 331 g/mol. The molecule has 2 aromatic rings. The standard InChI is InChI=1S/C18H22ClN3O/c1-13(2)21-18(23)22-17-8-6-16(7-9-17)20-11-10-14-4-3-5-15(19)12-14/h3-9,12-13,20H,10-11H2,1-2H3,(H2,21,22,23). The fraction of sp³-hybridized carbons (Fsp3) is 0.278. The van der Waals surface area contributed by atoms with Gasteiger partial charge in [0.05, 0.1) is 0 Å². The van der Waals surface area contributed by atoms with Gasteiger partial charge in [0.15, 0.2) is 0 Å². The van der Waals surface area contributed by atoms with Crippen molar-refractivity contribution in [2.24, 2.45) is 0 Å². The third kappa shape index (κ3) is 6.20. The smallest absolute Gasteiger partial charge is 0.319 e. The van der Waals surface area contributed by atoms with Gasteiger partial charge in [-0.3, -0.25) is 0 Å². The van der Waals surface area contributed by atoms with Crippen LogP contribution in [0.2, 0.25) is 5.02 Å². The maximum Gasteiger partial charge on any atom is 0.319 e. The molecule has 122 valence electrons. The highest BCUT2D eigenvalue weighted by molar-refractivity contribution is 6.30. The van der Waals surface area contributed by atoms with E-state index in [2.05, 4.69) is 22.0 Å². The Labute approximate surface area is 142 Å². The number of rotatable bonds is 6. The van der Waals surface area contributed by atoms with E-state index in [0.717, 1.165) is 29.4 Å². The number of nitrogens with one attached hydrogen (secondary N) is 3. The number of hydrogen-bond acceptors (Lipinski definition) is 2. The molecule has 0 radical (unpaired) electrons. The van der Waals surface area contributed by atoms with Crippen molar-refractivity contribution in [1.82, 2.24) is 5.32 Å². The molecule has 23 heavy (non-hydrogen) atoms. The van der Waals surface area contributed by atoms with Crippen LogP contribution in [0.5, 0.6) is 0 Å². The molecule has 0 aliphatic carbocycles. The highest BCUT2D eigenvalue weighted by Gasteiger charge is 2.03. The van der Waals surface area contributed by atoms with E-state index in [0.29, 0.717) is 0 Å². The molecule has 0 saturated heterocycles. The maximum absolute atomic E-state index is 11.6. The van der Waals surface area contributed by atoms with E-state index in [4.69, 9.17) is 11.6 Å². The molecule has 5 heteroatoms. The lowest BCUT2D eigenvalue weighted by Gasteiger charge is -2.11. The van der Waals surface area contributed by atoms with Crippen molar-refractivity contribution in [2.45, 2.75) is 26.3 Å². The molecule has 0 heterocycles. The van der Waals surface area contributed by atoms with Gasteiger partial charge in [0, 0.05) is 29.0 Å². The van der Waals surface area contributed by atoms with Crippen LogP contribution >= 0.6 is 11.6 Å². The Morgan fingerprint density at radius 1 is 1.09 bits per heavy atom. The molecule has 2 rings (SSSR count). The molecule has 0 atom stereocenters. The molecule has 0 spiro atoms. The Morgan fingerprint density at radius 3 is 2.43 bits per heavy atom. The molecule has 2 amide bonds. The first kappa shape index (κ1) is 17.2. The Morgan fingerprint density at radius 2 is 1.78 bits per heavy atom. The van der Waals surface area contributed by atoms with Crippen LogP contribution in [-0.2, 0) is 6.42 Å². The summed E-state index contributed by atoms with van der Waals surface area (Å²) in [5.41, 5.74) is 2.99. The van der Waals surface area contributed by atoms with Crippen molar-refractivity contribution in [1.29, 1.82) is 0 Å². The normalized spacial score (nSPS) is 10.4. The lowest BCUT2D eigenvalue weighted by molar-refractivity contribution is 0.250. The van der Waals surface area contributed by atoms with E-state index in [1.807, 2.05) is 56.3 Å². The lowest BCUT2D eigenvalue weighted by atomic mass is 10.1. The zero-order valence-electron chi connectivity index (χ0n) is 13.4. The van der Waals surface area contributed by atoms with Gasteiger partial charge in [-0.25, -0.2) is 4.79 Å². The predicted molar refractivity (Wildman–Crippen MR) is 97.4 cm³/mol. The second kappa shape index (κ2) is 8.44. The minimum absolute atomic E-state index is 0.113. The van der Waals surface area contributed by atoms with Crippen molar-refractivity contribution in [3.8, 4) is 0 Å². The third-order valence-electron chi connectivity index (χ3n) is 3.19. The van der Waals surface area contributed by atoms with Gasteiger partial charge in [-0.15, -0.1) is 0 Å². The van der Waals surface area contributed by atoms with Crippen molar-refractivity contribution in [2.75, 3.05) is 17.2 Å². The van der Waals surface area contributed by atoms with Gasteiger partial charge in [-0.1, -0.05) is 23.7 Å². The molecular weight excluding hydrogens is 310 g/mol. The molecule has 0 saturated carbocycles. The number of anilines is 2. The first-order valence-electron chi connectivity index (χ1n) is 7.69. The summed E-state index contributed by atoms with van der Waals surface area (Å²) in [5, 5.41) is 9.70. The summed E-state index contributed by atoms with van der Waals surface area (Å²) in [6.45, 7) is 4.67. The van der Waals surface area contributed by atoms with Crippen molar-refractivity contribution in [3.63, 3.8) is 0 Å². The summed E-state index contributed by atoms with van der Waals surface area (Å²) in [6, 6.07) is 15.4. The third-order valence-corrected chi connectivity index (χ3v) is 3.43. The number of carbonyl (C=O) groups is 1. The number of halogens is 1. The first-order valence-corrected chi connectivity index (χ1v) is 8.06. The predicted octanol–water partition coefficient (Wildman–Crippen LogP) is 4.52. The summed E-state index contributed by atoms with van der Waals surface area (Å²) in [5.74, 6) is 0. The lowest BCUT2D eigenvalue weighted by Crippen LogP contribution is -2.34. The number of carbonyl (C=O) groups excluding carboxylic acids is 1. The van der Waals surface area contributed by atoms with Crippen LogP contribution in [0.25, 0.3) is 0 Å². The molecule has 4 nitrogen and oxygen atoms in total. The minimum atomic E-state index is -0.193. The van der Waals surface area contributed by atoms with E-state index < -0.39 is 0 Å². The fourth-order valence-corrected chi connectivity index (χ4v) is 2.36. The number of hydrogen-bond donors (Lipinski definition) is 3. The molecule has 2 aromatic carbocycles. The highest BCUT2D eigenvalue weighted by Crippen LogP contribution is 2.14. The Hall–Kier alpha value is -2.20. The summed E-state index contributed by atoms with van der Waals surface area (Å²) < 4.78 is 0. The van der Waals surface area contributed by atoms with Gasteiger partial charge in [-0.2, -0.15) is 0 Å². The maximum atomic E-state index is 11.6. The van der Waals surface area contributed by atoms with Gasteiger partial charge in [0.25, 0.3) is 0 Å². The van der Waals surface area contributed by atoms with E-state index >= 15 is 0 Å². The van der Waals surface area contributed by atoms with E-state index in [1.54, 1.807) is 0 Å². The van der Waals surface area contributed by atoms with Crippen molar-refractivity contribution < 1.29 is 4.79 Å². The van der Waals surface area contributed by atoms with Gasteiger partial charge in [-0.05, 0) is 62.2 Å². The average Bonchev–Trinajstić information content (AvgIpc) is 2.48. The van der Waals surface area contributed by atoms with Gasteiger partial charge < -0.3 is 16.0 Å². The van der Waals surface area contributed by atoms with E-state index in [-0.39, 0.29) is 12.1 Å². The molecule has 0 aromatic heterocycles. The van der Waals surface area contributed by atoms with E-state index in [9.17, 15) is 4.79 Å². The Kier molecular flexibility index (Phi) is 6.29. The van der Waals surface area contributed by atoms with Crippen LogP contribution in [0, 0.1) is 0 Å². The molecule has 0 bridgehead atoms. The van der Waals surface area contributed by atoms with Gasteiger partial charge in [0.2, 0.25) is 0 Å². The summed E-state index contributed by atoms with van der Waals surface area (Å²) in [4.78, 5) is 11.6. The SMILES string of the molecule is CC(C)NC(=O)Nc1ccc(NCCc2cccc(Cl)c2)cc1. The Bertz CT molecular complexity index is 641. The molecule has 0 aliphatic heterocycles. The Balaban J connectivity index is 1.79. The number of amides is 2. The minimum Gasteiger partial charge on any atom is -0.385 e. The fourth-order valence-electron chi connectivity index (χ4n) is 2.14. The molecular formula is C18H22ClN3O. The van der Waals surface area contributed by atoms with Crippen LogP contribution in [0.1, 0.15) is 19.4 Å². The van der Waals surface area contributed by atoms with Gasteiger partial charge in [0.1, 0.15) is 0 Å². The topological polar surface area (TPSA) is 53.2 Å². The van der Waals surface area contributed by atoms with E-state index in [1.165, 1.54) is 5.56 Å². The zero-order chi connectivity index (χ0) is 16.7. The number of urea groups is 1. The molecule has 0 aliphatic rings. The van der Waals surface area contributed by atoms with Crippen LogP contribution in [0.15, 0.2) is 48.5 Å². The molecule has 0 fully saturated rings. The summed E-state index contributed by atoms with van der Waals surface area (Å²) >= 11 is 5.97. The number of benzene rings is 2. The van der Waals surface area contributed by atoms with Crippen LogP contribution < -0.4 is 16.0 Å². The van der Waals surface area contributed by atoms with Crippen LogP contribution in [0.4, 0.5) is 16.2 Å². The average molecular weight is 332 g/mol. The molecule has 3 N–H and O–H groups in total. The van der Waals surface area contributed by atoms with Crippen molar-refractivity contribution >= 4 is 29.0 Å². The zero-order valence-corrected chi connectivity index (χ0v) is 14.2. The second-order valence-electron chi connectivity index (χ2n) is 5.64. The van der Waals surface area contributed by atoms with Gasteiger partial charge >= 0.3 is 6.03 Å². The molecule has 0 unspecified atom stereocenters. The van der Waals surface area contributed by atoms with Crippen LogP contribution in [-0.4, -0.2) is 18.6 Å². The van der Waals surface area contributed by atoms with Crippen molar-refractivity contribution in [3.05, 3.63) is 59.1 Å². The summed E-state index contributed by atoms with van der Waals surface area (Å²) in [6.07, 6.45) is 0.900. The highest BCUT2D eigenvalue weighted by atomic mass is 35.5. The quantitative estimate of drug-likeness (QED) is 0.728. The van der Waals surface area contributed by atoms with Crippen LogP contribution in [0.3, 0.4) is 0 Å². The first-order chi connectivity index (χ1) is 11.0. The second-order valence-corrected chi connectivity index (χ2v) is 6.07.